The minimum Gasteiger partial charge on any atom is -0.493 e. The topological polar surface area (TPSA) is 58.6 Å². The molecule has 0 fully saturated rings. The van der Waals surface area contributed by atoms with Gasteiger partial charge in [0, 0.05) is 30.7 Å². The van der Waals surface area contributed by atoms with Crippen LogP contribution in [0.5, 0.6) is 5.75 Å². The lowest BCUT2D eigenvalue weighted by Crippen LogP contribution is -2.37. The number of hydrogen-bond donors (Lipinski definition) is 1. The number of nitrogens with one attached hydrogen (secondary N) is 1. The maximum Gasteiger partial charge on any atom is 0.223 e. The number of amides is 2. The van der Waals surface area contributed by atoms with Gasteiger partial charge in [0.05, 0.1) is 13.0 Å². The fraction of sp³-hybridized carbons (Fsp3) is 0.300. The van der Waals surface area contributed by atoms with E-state index in [1.807, 2.05) is 49.4 Å². The Morgan fingerprint density at radius 2 is 1.88 bits per heavy atom. The van der Waals surface area contributed by atoms with E-state index in [1.54, 1.807) is 11.0 Å². The molecule has 0 bridgehead atoms. The molecule has 0 saturated heterocycles. The van der Waals surface area contributed by atoms with Crippen molar-refractivity contribution in [1.82, 2.24) is 5.32 Å². The lowest BCUT2D eigenvalue weighted by atomic mass is 10.2. The Kier molecular flexibility index (Phi) is 7.48. The number of carbonyl (C=O) groups excluding carboxylic acids is 2. The molecular weight excluding hydrogens is 352 g/mol. The van der Waals surface area contributed by atoms with E-state index in [4.69, 9.17) is 16.3 Å². The normalized spacial score (nSPS) is 10.3. The fourth-order valence-corrected chi connectivity index (χ4v) is 2.57. The van der Waals surface area contributed by atoms with Crippen molar-refractivity contribution in [2.24, 2.45) is 0 Å². The molecular formula is C20H23ClN2O3. The second kappa shape index (κ2) is 9.82. The highest BCUT2D eigenvalue weighted by Gasteiger charge is 2.13. The van der Waals surface area contributed by atoms with E-state index in [0.717, 1.165) is 17.0 Å². The Balaban J connectivity index is 1.77. The van der Waals surface area contributed by atoms with E-state index < -0.39 is 0 Å². The lowest BCUT2D eigenvalue weighted by Gasteiger charge is -2.22. The molecule has 0 aliphatic heterocycles. The molecule has 0 radical (unpaired) electrons. The predicted molar refractivity (Wildman–Crippen MR) is 104 cm³/mol. The van der Waals surface area contributed by atoms with Crippen molar-refractivity contribution in [3.05, 3.63) is 59.1 Å². The number of aryl methyl sites for hydroxylation is 1. The molecule has 1 N–H and O–H groups in total. The minimum absolute atomic E-state index is 0.105. The molecule has 0 atom stereocenters. The number of nitrogens with zero attached hydrogens (tertiary/aromatic N) is 1. The Labute approximate surface area is 158 Å². The Morgan fingerprint density at radius 3 is 2.54 bits per heavy atom. The molecule has 0 aromatic heterocycles. The first-order chi connectivity index (χ1) is 12.5. The molecule has 2 rings (SSSR count). The van der Waals surface area contributed by atoms with Crippen LogP contribution in [0.2, 0.25) is 5.02 Å². The van der Waals surface area contributed by atoms with Gasteiger partial charge in [-0.25, -0.2) is 0 Å². The van der Waals surface area contributed by atoms with Crippen molar-refractivity contribution in [2.45, 2.75) is 20.3 Å². The summed E-state index contributed by atoms with van der Waals surface area (Å²) in [7, 11) is 0. The van der Waals surface area contributed by atoms with Crippen LogP contribution in [0.15, 0.2) is 48.5 Å². The number of para-hydroxylation sites is 1. The van der Waals surface area contributed by atoms with E-state index in [1.165, 1.54) is 6.92 Å². The van der Waals surface area contributed by atoms with Crippen LogP contribution >= 0.6 is 11.6 Å². The summed E-state index contributed by atoms with van der Waals surface area (Å²) in [5.41, 5.74) is 1.67. The van der Waals surface area contributed by atoms with Crippen molar-refractivity contribution in [1.29, 1.82) is 0 Å². The molecule has 0 spiro atoms. The van der Waals surface area contributed by atoms with E-state index in [9.17, 15) is 9.59 Å². The molecule has 138 valence electrons. The van der Waals surface area contributed by atoms with Crippen molar-refractivity contribution in [3.8, 4) is 5.75 Å². The number of carbonyl (C=O) groups is 2. The van der Waals surface area contributed by atoms with Crippen LogP contribution in [0.4, 0.5) is 5.69 Å². The maximum absolute atomic E-state index is 11.9. The van der Waals surface area contributed by atoms with Crippen LogP contribution < -0.4 is 15.0 Å². The minimum atomic E-state index is -0.119. The second-order valence-electron chi connectivity index (χ2n) is 5.87. The molecule has 0 saturated carbocycles. The van der Waals surface area contributed by atoms with Gasteiger partial charge in [0.1, 0.15) is 5.75 Å². The van der Waals surface area contributed by atoms with Gasteiger partial charge >= 0.3 is 0 Å². The molecule has 2 amide bonds. The smallest absolute Gasteiger partial charge is 0.223 e. The number of benzene rings is 2. The highest BCUT2D eigenvalue weighted by atomic mass is 35.5. The number of rotatable bonds is 8. The van der Waals surface area contributed by atoms with E-state index in [0.29, 0.717) is 24.7 Å². The summed E-state index contributed by atoms with van der Waals surface area (Å²) in [5, 5.41) is 3.41. The zero-order chi connectivity index (χ0) is 18.9. The third-order valence-corrected chi connectivity index (χ3v) is 4.25. The molecule has 0 aliphatic carbocycles. The van der Waals surface area contributed by atoms with Crippen LogP contribution in [0.25, 0.3) is 0 Å². The van der Waals surface area contributed by atoms with Crippen LogP contribution in [-0.2, 0) is 9.59 Å². The second-order valence-corrected chi connectivity index (χ2v) is 6.27. The summed E-state index contributed by atoms with van der Waals surface area (Å²) >= 11 is 6.13. The molecule has 2 aromatic carbocycles. The van der Waals surface area contributed by atoms with Gasteiger partial charge in [-0.3, -0.25) is 9.59 Å². The van der Waals surface area contributed by atoms with E-state index in [2.05, 4.69) is 5.32 Å². The predicted octanol–water partition coefficient (Wildman–Crippen LogP) is 3.59. The van der Waals surface area contributed by atoms with Crippen molar-refractivity contribution < 1.29 is 14.3 Å². The SMILES string of the molecule is CC(=O)N(CCNC(=O)CCOc1ccccc1)c1ccc(C)c(Cl)c1. The average Bonchev–Trinajstić information content (AvgIpc) is 2.62. The van der Waals surface area contributed by atoms with Crippen LogP contribution in [0.1, 0.15) is 18.9 Å². The Morgan fingerprint density at radius 1 is 1.15 bits per heavy atom. The first-order valence-corrected chi connectivity index (χ1v) is 8.84. The van der Waals surface area contributed by atoms with Crippen LogP contribution in [0.3, 0.4) is 0 Å². The summed E-state index contributed by atoms with van der Waals surface area (Å²) < 4.78 is 5.50. The molecule has 2 aromatic rings. The molecule has 0 unspecified atom stereocenters. The summed E-state index contributed by atoms with van der Waals surface area (Å²) in [6, 6.07) is 14.8. The highest BCUT2D eigenvalue weighted by molar-refractivity contribution is 6.31. The Bertz CT molecular complexity index is 750. The first kappa shape index (κ1) is 19.8. The summed E-state index contributed by atoms with van der Waals surface area (Å²) in [6.45, 7) is 4.43. The van der Waals surface area contributed by atoms with E-state index in [-0.39, 0.29) is 18.2 Å². The molecule has 0 aliphatic rings. The third-order valence-electron chi connectivity index (χ3n) is 3.85. The molecule has 5 nitrogen and oxygen atoms in total. The highest BCUT2D eigenvalue weighted by Crippen LogP contribution is 2.23. The average molecular weight is 375 g/mol. The van der Waals surface area contributed by atoms with Crippen LogP contribution in [0, 0.1) is 6.92 Å². The summed E-state index contributed by atoms with van der Waals surface area (Å²) in [6.07, 6.45) is 0.255. The quantitative estimate of drug-likeness (QED) is 0.768. The van der Waals surface area contributed by atoms with E-state index >= 15 is 0 Å². The van der Waals surface area contributed by atoms with Gasteiger partial charge in [0.15, 0.2) is 0 Å². The van der Waals surface area contributed by atoms with Gasteiger partial charge in [-0.05, 0) is 36.8 Å². The number of ether oxygens (including phenoxy) is 1. The molecule has 6 heteroatoms. The summed E-state index contributed by atoms with van der Waals surface area (Å²) in [5.74, 6) is 0.511. The summed E-state index contributed by atoms with van der Waals surface area (Å²) in [4.78, 5) is 25.4. The molecule has 26 heavy (non-hydrogen) atoms. The van der Waals surface area contributed by atoms with Gasteiger partial charge in [-0.1, -0.05) is 35.9 Å². The van der Waals surface area contributed by atoms with Crippen molar-refractivity contribution >= 4 is 29.1 Å². The first-order valence-electron chi connectivity index (χ1n) is 8.46. The largest absolute Gasteiger partial charge is 0.493 e. The Hall–Kier alpha value is -2.53. The van der Waals surface area contributed by atoms with Gasteiger partial charge in [-0.15, -0.1) is 0 Å². The zero-order valence-corrected chi connectivity index (χ0v) is 15.8. The van der Waals surface area contributed by atoms with Gasteiger partial charge < -0.3 is 15.0 Å². The van der Waals surface area contributed by atoms with Gasteiger partial charge in [0.25, 0.3) is 0 Å². The van der Waals surface area contributed by atoms with Crippen molar-refractivity contribution in [3.63, 3.8) is 0 Å². The third kappa shape index (κ3) is 6.08. The maximum atomic E-state index is 11.9. The zero-order valence-electron chi connectivity index (χ0n) is 15.0. The van der Waals surface area contributed by atoms with Crippen LogP contribution in [-0.4, -0.2) is 31.5 Å². The monoisotopic (exact) mass is 374 g/mol. The van der Waals surface area contributed by atoms with Gasteiger partial charge in [-0.2, -0.15) is 0 Å². The van der Waals surface area contributed by atoms with Gasteiger partial charge in [0.2, 0.25) is 11.8 Å². The standard InChI is InChI=1S/C20H23ClN2O3/c1-15-8-9-17(14-19(15)21)23(16(2)24)12-11-22-20(25)10-13-26-18-6-4-3-5-7-18/h3-9,14H,10-13H2,1-2H3,(H,22,25). The fourth-order valence-electron chi connectivity index (χ4n) is 2.39. The van der Waals surface area contributed by atoms with Crippen molar-refractivity contribution in [2.75, 3.05) is 24.6 Å². The lowest BCUT2D eigenvalue weighted by molar-refractivity contribution is -0.122. The number of halogens is 1. The molecule has 0 heterocycles. The number of hydrogen-bond acceptors (Lipinski definition) is 3. The number of anilines is 1.